The fraction of sp³-hybridized carbons (Fsp3) is 0.818. The molecule has 1 aliphatic heterocycles. The Morgan fingerprint density at radius 1 is 1.56 bits per heavy atom. The Morgan fingerprint density at radius 3 is 2.78 bits per heavy atom. The number of likely N-dealkylation sites (tertiary alicyclic amines) is 1. The molecule has 0 bridgehead atoms. The van der Waals surface area contributed by atoms with Crippen LogP contribution < -0.4 is 5.32 Å². The SMILES string of the molecule is CCOCC(C)NC(=O)N1C[C@@H](O)C[C@H]1C(=O)O. The summed E-state index contributed by atoms with van der Waals surface area (Å²) in [6.45, 7) is 4.60. The highest BCUT2D eigenvalue weighted by Gasteiger charge is 2.39. The number of amides is 2. The monoisotopic (exact) mass is 260 g/mol. The lowest BCUT2D eigenvalue weighted by Crippen LogP contribution is -2.49. The van der Waals surface area contributed by atoms with Crippen molar-refractivity contribution < 1.29 is 24.5 Å². The van der Waals surface area contributed by atoms with Crippen LogP contribution in [0.25, 0.3) is 0 Å². The largest absolute Gasteiger partial charge is 0.480 e. The van der Waals surface area contributed by atoms with Crippen LogP contribution in [0, 0.1) is 0 Å². The average molecular weight is 260 g/mol. The highest BCUT2D eigenvalue weighted by Crippen LogP contribution is 2.18. The molecule has 18 heavy (non-hydrogen) atoms. The molecule has 3 atom stereocenters. The number of aliphatic hydroxyl groups excluding tert-OH is 1. The van der Waals surface area contributed by atoms with Crippen LogP contribution in [0.1, 0.15) is 20.3 Å². The second-order valence-corrected chi connectivity index (χ2v) is 4.41. The number of hydrogen-bond acceptors (Lipinski definition) is 4. The third kappa shape index (κ3) is 3.85. The molecular weight excluding hydrogens is 240 g/mol. The van der Waals surface area contributed by atoms with E-state index in [-0.39, 0.29) is 19.0 Å². The van der Waals surface area contributed by atoms with Gasteiger partial charge in [0.2, 0.25) is 0 Å². The molecule has 1 fully saturated rings. The van der Waals surface area contributed by atoms with Gasteiger partial charge in [0.1, 0.15) is 6.04 Å². The molecule has 0 aromatic carbocycles. The number of aliphatic carboxylic acids is 1. The summed E-state index contributed by atoms with van der Waals surface area (Å²) < 4.78 is 5.16. The number of urea groups is 1. The summed E-state index contributed by atoms with van der Waals surface area (Å²) in [5.41, 5.74) is 0. The second kappa shape index (κ2) is 6.55. The highest BCUT2D eigenvalue weighted by atomic mass is 16.5. The molecule has 0 aromatic rings. The van der Waals surface area contributed by atoms with Crippen molar-refractivity contribution in [2.24, 2.45) is 0 Å². The molecule has 0 radical (unpaired) electrons. The number of nitrogens with zero attached hydrogens (tertiary/aromatic N) is 1. The molecule has 1 saturated heterocycles. The van der Waals surface area contributed by atoms with Crippen molar-refractivity contribution in [2.75, 3.05) is 19.8 Å². The van der Waals surface area contributed by atoms with Crippen LogP contribution in [0.2, 0.25) is 0 Å². The van der Waals surface area contributed by atoms with Crippen molar-refractivity contribution >= 4 is 12.0 Å². The molecule has 7 nitrogen and oxygen atoms in total. The van der Waals surface area contributed by atoms with Gasteiger partial charge in [-0.3, -0.25) is 0 Å². The van der Waals surface area contributed by atoms with E-state index in [1.165, 1.54) is 0 Å². The van der Waals surface area contributed by atoms with Gasteiger partial charge in [-0.2, -0.15) is 0 Å². The Bertz CT molecular complexity index is 310. The molecule has 0 saturated carbocycles. The van der Waals surface area contributed by atoms with E-state index < -0.39 is 24.1 Å². The maximum absolute atomic E-state index is 11.9. The lowest BCUT2D eigenvalue weighted by atomic mass is 10.2. The topological polar surface area (TPSA) is 99.1 Å². The summed E-state index contributed by atoms with van der Waals surface area (Å²) in [4.78, 5) is 24.0. The lowest BCUT2D eigenvalue weighted by molar-refractivity contribution is -0.141. The molecule has 3 N–H and O–H groups in total. The maximum atomic E-state index is 11.9. The van der Waals surface area contributed by atoms with Crippen molar-refractivity contribution in [3.8, 4) is 0 Å². The normalized spacial score (nSPS) is 24.9. The van der Waals surface area contributed by atoms with Crippen molar-refractivity contribution in [1.82, 2.24) is 10.2 Å². The Balaban J connectivity index is 2.52. The van der Waals surface area contributed by atoms with Gasteiger partial charge < -0.3 is 25.2 Å². The van der Waals surface area contributed by atoms with Gasteiger partial charge in [0, 0.05) is 19.6 Å². The van der Waals surface area contributed by atoms with Crippen LogP contribution in [0.4, 0.5) is 4.79 Å². The molecule has 0 spiro atoms. The van der Waals surface area contributed by atoms with Gasteiger partial charge in [0.05, 0.1) is 18.8 Å². The smallest absolute Gasteiger partial charge is 0.326 e. The summed E-state index contributed by atoms with van der Waals surface area (Å²) >= 11 is 0. The number of carbonyl (C=O) groups is 2. The number of ether oxygens (including phenoxy) is 1. The zero-order valence-electron chi connectivity index (χ0n) is 10.6. The van der Waals surface area contributed by atoms with E-state index in [2.05, 4.69) is 5.32 Å². The van der Waals surface area contributed by atoms with Crippen LogP contribution in [-0.4, -0.2) is 65.1 Å². The Hall–Kier alpha value is -1.34. The van der Waals surface area contributed by atoms with E-state index in [0.717, 1.165) is 4.90 Å². The zero-order chi connectivity index (χ0) is 13.7. The molecule has 7 heteroatoms. The van der Waals surface area contributed by atoms with E-state index in [9.17, 15) is 14.7 Å². The van der Waals surface area contributed by atoms with Crippen molar-refractivity contribution in [3.05, 3.63) is 0 Å². The van der Waals surface area contributed by atoms with Crippen molar-refractivity contribution in [2.45, 2.75) is 38.5 Å². The predicted molar refractivity (Wildman–Crippen MR) is 63.2 cm³/mol. The molecular formula is C11H20N2O5. The minimum Gasteiger partial charge on any atom is -0.480 e. The van der Waals surface area contributed by atoms with Crippen LogP contribution in [0.3, 0.4) is 0 Å². The Labute approximate surface area is 106 Å². The molecule has 1 aliphatic rings. The van der Waals surface area contributed by atoms with Gasteiger partial charge in [0.25, 0.3) is 0 Å². The summed E-state index contributed by atoms with van der Waals surface area (Å²) in [5.74, 6) is -1.10. The summed E-state index contributed by atoms with van der Waals surface area (Å²) in [6.07, 6.45) is -0.707. The first-order valence-electron chi connectivity index (χ1n) is 6.01. The van der Waals surface area contributed by atoms with E-state index in [1.54, 1.807) is 6.92 Å². The minimum absolute atomic E-state index is 0.0458. The first-order valence-corrected chi connectivity index (χ1v) is 6.01. The summed E-state index contributed by atoms with van der Waals surface area (Å²) in [7, 11) is 0. The molecule has 0 aliphatic carbocycles. The zero-order valence-corrected chi connectivity index (χ0v) is 10.6. The van der Waals surface area contributed by atoms with Crippen molar-refractivity contribution in [3.63, 3.8) is 0 Å². The maximum Gasteiger partial charge on any atom is 0.326 e. The lowest BCUT2D eigenvalue weighted by Gasteiger charge is -2.24. The fourth-order valence-corrected chi connectivity index (χ4v) is 1.90. The third-order valence-electron chi connectivity index (χ3n) is 2.77. The predicted octanol–water partition coefficient (Wildman–Crippen LogP) is -0.359. The number of hydrogen-bond donors (Lipinski definition) is 3. The van der Waals surface area contributed by atoms with Gasteiger partial charge in [-0.25, -0.2) is 9.59 Å². The van der Waals surface area contributed by atoms with Crippen LogP contribution >= 0.6 is 0 Å². The van der Waals surface area contributed by atoms with Crippen LogP contribution in [-0.2, 0) is 9.53 Å². The molecule has 1 unspecified atom stereocenters. The Kier molecular flexibility index (Phi) is 5.36. The van der Waals surface area contributed by atoms with E-state index >= 15 is 0 Å². The number of carbonyl (C=O) groups excluding carboxylic acids is 1. The van der Waals surface area contributed by atoms with Gasteiger partial charge in [0.15, 0.2) is 0 Å². The quantitative estimate of drug-likeness (QED) is 0.627. The van der Waals surface area contributed by atoms with E-state index in [1.807, 2.05) is 6.92 Å². The number of rotatable bonds is 5. The van der Waals surface area contributed by atoms with Gasteiger partial charge >= 0.3 is 12.0 Å². The first kappa shape index (κ1) is 14.7. The van der Waals surface area contributed by atoms with Gasteiger partial charge in [-0.1, -0.05) is 0 Å². The summed E-state index contributed by atoms with van der Waals surface area (Å²) in [5, 5.41) is 21.1. The number of β-amino-alcohol motifs (C(OH)–C–C–N with tert-alkyl or cyclic N) is 1. The molecule has 1 heterocycles. The minimum atomic E-state index is -1.10. The van der Waals surface area contributed by atoms with Crippen LogP contribution in [0.5, 0.6) is 0 Å². The molecule has 2 amide bonds. The summed E-state index contributed by atoms with van der Waals surface area (Å²) in [6, 6.07) is -1.64. The second-order valence-electron chi connectivity index (χ2n) is 4.41. The molecule has 0 aromatic heterocycles. The highest BCUT2D eigenvalue weighted by molar-refractivity contribution is 5.83. The third-order valence-corrected chi connectivity index (χ3v) is 2.77. The number of carboxylic acid groups (broad SMARTS) is 1. The van der Waals surface area contributed by atoms with Crippen LogP contribution in [0.15, 0.2) is 0 Å². The van der Waals surface area contributed by atoms with E-state index in [4.69, 9.17) is 9.84 Å². The first-order chi connectivity index (χ1) is 8.45. The van der Waals surface area contributed by atoms with Gasteiger partial charge in [-0.05, 0) is 13.8 Å². The fourth-order valence-electron chi connectivity index (χ4n) is 1.90. The van der Waals surface area contributed by atoms with Crippen molar-refractivity contribution in [1.29, 1.82) is 0 Å². The number of nitrogens with one attached hydrogen (secondary N) is 1. The Morgan fingerprint density at radius 2 is 2.22 bits per heavy atom. The molecule has 1 rings (SSSR count). The average Bonchev–Trinajstić information content (AvgIpc) is 2.69. The van der Waals surface area contributed by atoms with Gasteiger partial charge in [-0.15, -0.1) is 0 Å². The number of aliphatic hydroxyl groups is 1. The number of carboxylic acids is 1. The standard InChI is InChI=1S/C11H20N2O5/c1-3-18-6-7(2)12-11(17)13-5-8(14)4-9(13)10(15)16/h7-9,14H,3-6H2,1-2H3,(H,12,17)(H,15,16)/t7?,8-,9-/m0/s1. The van der Waals surface area contributed by atoms with E-state index in [0.29, 0.717) is 13.2 Å². The molecule has 104 valence electrons.